The number of benzene rings is 3. The molecule has 3 aromatic rings. The maximum absolute atomic E-state index is 6.31. The van der Waals surface area contributed by atoms with E-state index >= 15 is 0 Å². The molecule has 0 bridgehead atoms. The van der Waals surface area contributed by atoms with Crippen molar-refractivity contribution in [2.45, 2.75) is 26.0 Å². The van der Waals surface area contributed by atoms with Gasteiger partial charge >= 0.3 is 0 Å². The van der Waals surface area contributed by atoms with Crippen molar-refractivity contribution in [3.05, 3.63) is 114 Å². The number of allylic oxidation sites excluding steroid dienone is 4. The Balaban J connectivity index is 1.59. The molecule has 0 saturated heterocycles. The van der Waals surface area contributed by atoms with E-state index in [4.69, 9.17) is 4.74 Å². The lowest BCUT2D eigenvalue weighted by atomic mass is 9.93. The van der Waals surface area contributed by atoms with Crippen LogP contribution in [0.2, 0.25) is 0 Å². The maximum Gasteiger partial charge on any atom is 0.127 e. The van der Waals surface area contributed by atoms with Gasteiger partial charge in [0.05, 0.1) is 0 Å². The molecule has 0 fully saturated rings. The summed E-state index contributed by atoms with van der Waals surface area (Å²) in [6, 6.07) is 25.9. The highest BCUT2D eigenvalue weighted by Crippen LogP contribution is 2.25. The van der Waals surface area contributed by atoms with Gasteiger partial charge in [-0.3, -0.25) is 0 Å². The van der Waals surface area contributed by atoms with Gasteiger partial charge in [-0.1, -0.05) is 93.5 Å². The summed E-state index contributed by atoms with van der Waals surface area (Å²) < 4.78 is 6.31. The van der Waals surface area contributed by atoms with Crippen LogP contribution in [0.4, 0.5) is 0 Å². The van der Waals surface area contributed by atoms with Gasteiger partial charge in [0.1, 0.15) is 12.4 Å². The summed E-state index contributed by atoms with van der Waals surface area (Å²) in [6.45, 7) is 1.47. The van der Waals surface area contributed by atoms with Crippen molar-refractivity contribution in [1.29, 1.82) is 0 Å². The van der Waals surface area contributed by atoms with Crippen LogP contribution >= 0.6 is 8.58 Å². The Kier molecular flexibility index (Phi) is 7.71. The van der Waals surface area contributed by atoms with E-state index in [-0.39, 0.29) is 0 Å². The molecular weight excluding hydrogens is 397 g/mol. The Morgan fingerprint density at radius 3 is 2.55 bits per heavy atom. The zero-order valence-corrected chi connectivity index (χ0v) is 19.1. The molecule has 0 spiro atoms. The smallest absolute Gasteiger partial charge is 0.127 e. The van der Waals surface area contributed by atoms with E-state index in [2.05, 4.69) is 96.4 Å². The molecule has 158 valence electrons. The van der Waals surface area contributed by atoms with E-state index in [0.717, 1.165) is 25.1 Å². The van der Waals surface area contributed by atoms with Crippen LogP contribution in [0.15, 0.2) is 97.1 Å². The molecule has 0 amide bonds. The van der Waals surface area contributed by atoms with Crippen LogP contribution in [-0.4, -0.2) is 7.05 Å². The number of ether oxygens (including phenoxy) is 1. The van der Waals surface area contributed by atoms with Crippen LogP contribution in [0.1, 0.15) is 23.1 Å². The summed E-state index contributed by atoms with van der Waals surface area (Å²) >= 11 is 0. The van der Waals surface area contributed by atoms with E-state index in [1.54, 1.807) is 0 Å². The lowest BCUT2D eigenvalue weighted by molar-refractivity contribution is 0.309. The Labute approximate surface area is 187 Å². The van der Waals surface area contributed by atoms with Gasteiger partial charge in [0.15, 0.2) is 0 Å². The fourth-order valence-corrected chi connectivity index (χ4v) is 5.22. The molecule has 0 aliphatic heterocycles. The Morgan fingerprint density at radius 1 is 0.903 bits per heavy atom. The lowest BCUT2D eigenvalue weighted by Gasteiger charge is -2.17. The quantitative estimate of drug-likeness (QED) is 0.469. The molecule has 2 nitrogen and oxygen atoms in total. The van der Waals surface area contributed by atoms with Gasteiger partial charge in [-0.2, -0.15) is 0 Å². The van der Waals surface area contributed by atoms with E-state index < -0.39 is 0 Å². The molecule has 1 aliphatic rings. The zero-order chi connectivity index (χ0) is 21.3. The van der Waals surface area contributed by atoms with Crippen molar-refractivity contribution in [2.75, 3.05) is 7.05 Å². The molecule has 3 aromatic carbocycles. The van der Waals surface area contributed by atoms with Gasteiger partial charge < -0.3 is 10.1 Å². The number of rotatable bonds is 9. The summed E-state index contributed by atoms with van der Waals surface area (Å²) in [5, 5.41) is 5.95. The maximum atomic E-state index is 6.31. The average molecular weight is 428 g/mol. The highest BCUT2D eigenvalue weighted by Gasteiger charge is 2.12. The van der Waals surface area contributed by atoms with Gasteiger partial charge in [0.2, 0.25) is 0 Å². The largest absolute Gasteiger partial charge is 0.488 e. The second-order valence-electron chi connectivity index (χ2n) is 7.93. The third-order valence-corrected chi connectivity index (χ3v) is 6.92. The van der Waals surface area contributed by atoms with Gasteiger partial charge in [-0.05, 0) is 59.9 Å². The molecule has 3 heteroatoms. The summed E-state index contributed by atoms with van der Waals surface area (Å²) in [5.74, 6) is 1.57. The number of hydrogen-bond acceptors (Lipinski definition) is 2. The van der Waals surface area contributed by atoms with Gasteiger partial charge in [-0.25, -0.2) is 0 Å². The monoisotopic (exact) mass is 427 g/mol. The van der Waals surface area contributed by atoms with Crippen molar-refractivity contribution in [3.63, 3.8) is 0 Å². The molecule has 4 rings (SSSR count). The lowest BCUT2D eigenvalue weighted by Crippen LogP contribution is -2.16. The molecule has 31 heavy (non-hydrogen) atoms. The normalized spacial score (nSPS) is 15.6. The van der Waals surface area contributed by atoms with Crippen LogP contribution in [0, 0.1) is 5.92 Å². The van der Waals surface area contributed by atoms with E-state index in [9.17, 15) is 0 Å². The summed E-state index contributed by atoms with van der Waals surface area (Å²) in [7, 11) is 2.56. The third-order valence-electron chi connectivity index (χ3n) is 5.50. The average Bonchev–Trinajstić information content (AvgIpc) is 2.81. The first-order chi connectivity index (χ1) is 15.3. The van der Waals surface area contributed by atoms with Gasteiger partial charge in [0.25, 0.3) is 0 Å². The highest BCUT2D eigenvalue weighted by atomic mass is 31.1. The molecule has 2 unspecified atom stereocenters. The predicted molar refractivity (Wildman–Crippen MR) is 134 cm³/mol. The Morgan fingerprint density at radius 2 is 1.74 bits per heavy atom. The fraction of sp³-hybridized carbons (Fsp3) is 0.214. The van der Waals surface area contributed by atoms with Crippen LogP contribution in [0.3, 0.4) is 0 Å². The van der Waals surface area contributed by atoms with Gasteiger partial charge in [-0.15, -0.1) is 0 Å². The van der Waals surface area contributed by atoms with Crippen LogP contribution in [0.25, 0.3) is 0 Å². The summed E-state index contributed by atoms with van der Waals surface area (Å²) in [4.78, 5) is 0. The Bertz CT molecular complexity index is 1040. The molecule has 1 aliphatic carbocycles. The van der Waals surface area contributed by atoms with E-state index in [1.165, 1.54) is 27.3 Å². The molecule has 1 N–H and O–H groups in total. The molecule has 0 radical (unpaired) electrons. The SMILES string of the molecule is CNCc1ccccc1Pc1cc(CC2C=CC=CC2)ccc1OCc1ccccc1. The zero-order valence-electron chi connectivity index (χ0n) is 18.1. The molecule has 0 heterocycles. The van der Waals surface area contributed by atoms with Crippen LogP contribution < -0.4 is 20.7 Å². The minimum absolute atomic E-state index is 0.563. The van der Waals surface area contributed by atoms with Crippen molar-refractivity contribution in [2.24, 2.45) is 5.92 Å². The standard InChI is InChI=1S/C28H30NOP/c1-29-20-25-14-8-9-15-27(25)31-28-19-24(18-22-10-4-2-5-11-22)16-17-26(28)30-21-23-12-6-3-7-13-23/h2-10,12-17,19,22,29,31H,11,18,20-21H2,1H3. The first-order valence-corrected chi connectivity index (χ1v) is 11.9. The van der Waals surface area contributed by atoms with Crippen molar-refractivity contribution < 1.29 is 4.74 Å². The predicted octanol–water partition coefficient (Wildman–Crippen LogP) is 5.29. The van der Waals surface area contributed by atoms with E-state index in [1.807, 2.05) is 13.1 Å². The summed E-state index contributed by atoms with van der Waals surface area (Å²) in [5.41, 5.74) is 3.92. The van der Waals surface area contributed by atoms with Crippen LogP contribution in [0.5, 0.6) is 5.75 Å². The van der Waals surface area contributed by atoms with Crippen molar-refractivity contribution in [3.8, 4) is 5.75 Å². The topological polar surface area (TPSA) is 21.3 Å². The first kappa shape index (κ1) is 21.6. The molecular formula is C28H30NOP. The van der Waals surface area contributed by atoms with E-state index in [0.29, 0.717) is 21.1 Å². The second kappa shape index (κ2) is 11.1. The molecule has 2 atom stereocenters. The minimum atomic E-state index is 0.563. The van der Waals surface area contributed by atoms with Crippen molar-refractivity contribution in [1.82, 2.24) is 5.32 Å². The summed E-state index contributed by atoms with van der Waals surface area (Å²) in [6.07, 6.45) is 11.1. The molecule has 0 saturated carbocycles. The number of nitrogens with one attached hydrogen (secondary N) is 1. The number of hydrogen-bond donors (Lipinski definition) is 1. The second-order valence-corrected chi connectivity index (χ2v) is 9.26. The third kappa shape index (κ3) is 6.17. The van der Waals surface area contributed by atoms with Gasteiger partial charge in [0, 0.05) is 11.8 Å². The molecule has 0 aromatic heterocycles. The fourth-order valence-electron chi connectivity index (χ4n) is 3.88. The van der Waals surface area contributed by atoms with Crippen molar-refractivity contribution >= 4 is 19.2 Å². The minimum Gasteiger partial charge on any atom is -0.488 e. The van der Waals surface area contributed by atoms with Crippen LogP contribution in [-0.2, 0) is 19.6 Å². The Hall–Kier alpha value is -2.67. The highest BCUT2D eigenvalue weighted by molar-refractivity contribution is 7.55. The first-order valence-electron chi connectivity index (χ1n) is 10.9.